The van der Waals surface area contributed by atoms with Crippen LogP contribution in [0.15, 0.2) is 17.0 Å². The molecule has 0 radical (unpaired) electrons. The second-order valence-electron chi connectivity index (χ2n) is 4.58. The molecular formula is C12H16F2N2O2S2. The maximum Gasteiger partial charge on any atom is 0.248 e. The molecule has 1 heterocycles. The maximum atomic E-state index is 13.8. The molecule has 1 aliphatic rings. The lowest BCUT2D eigenvalue weighted by Gasteiger charge is -2.31. The molecule has 1 aromatic carbocycles. The molecule has 1 unspecified atom stereocenters. The van der Waals surface area contributed by atoms with Gasteiger partial charge in [-0.2, -0.15) is 16.1 Å². The number of benzene rings is 1. The summed E-state index contributed by atoms with van der Waals surface area (Å²) in [6.45, 7) is 2.48. The monoisotopic (exact) mass is 322 g/mol. The van der Waals surface area contributed by atoms with Crippen molar-refractivity contribution < 1.29 is 17.2 Å². The number of thioether (sulfide) groups is 1. The van der Waals surface area contributed by atoms with E-state index in [0.29, 0.717) is 5.75 Å². The molecular weight excluding hydrogens is 306 g/mol. The molecule has 0 amide bonds. The van der Waals surface area contributed by atoms with E-state index >= 15 is 0 Å². The summed E-state index contributed by atoms with van der Waals surface area (Å²) >= 11 is 1.68. The smallest absolute Gasteiger partial charge is 0.248 e. The zero-order valence-corrected chi connectivity index (χ0v) is 12.6. The summed E-state index contributed by atoms with van der Waals surface area (Å²) in [6, 6.07) is 1.65. The molecule has 112 valence electrons. The Bertz CT molecular complexity index is 584. The molecule has 2 N–H and O–H groups in total. The fourth-order valence-corrected chi connectivity index (χ4v) is 5.08. The van der Waals surface area contributed by atoms with Gasteiger partial charge in [-0.25, -0.2) is 17.2 Å². The molecule has 0 aromatic heterocycles. The molecule has 1 fully saturated rings. The van der Waals surface area contributed by atoms with Gasteiger partial charge in [-0.1, -0.05) is 6.92 Å². The SMILES string of the molecule is CCC1CN(S(=O)(=O)c2c(F)cc(N)cc2F)CCS1. The number of sulfonamides is 1. The van der Waals surface area contributed by atoms with E-state index in [1.54, 1.807) is 11.8 Å². The minimum Gasteiger partial charge on any atom is -0.399 e. The van der Waals surface area contributed by atoms with Gasteiger partial charge in [-0.05, 0) is 18.6 Å². The van der Waals surface area contributed by atoms with Gasteiger partial charge in [-0.3, -0.25) is 0 Å². The van der Waals surface area contributed by atoms with Crippen molar-refractivity contribution in [2.45, 2.75) is 23.5 Å². The molecule has 1 saturated heterocycles. The van der Waals surface area contributed by atoms with Gasteiger partial charge >= 0.3 is 0 Å². The van der Waals surface area contributed by atoms with Crippen molar-refractivity contribution in [1.29, 1.82) is 0 Å². The number of nitrogen functional groups attached to an aromatic ring is 1. The van der Waals surface area contributed by atoms with Gasteiger partial charge in [0.05, 0.1) is 0 Å². The third-order valence-electron chi connectivity index (χ3n) is 3.18. The highest BCUT2D eigenvalue weighted by atomic mass is 32.2. The van der Waals surface area contributed by atoms with Crippen LogP contribution < -0.4 is 5.73 Å². The molecule has 0 spiro atoms. The Morgan fingerprint density at radius 2 is 2.00 bits per heavy atom. The van der Waals surface area contributed by atoms with E-state index in [4.69, 9.17) is 5.73 Å². The second kappa shape index (κ2) is 5.87. The molecule has 8 heteroatoms. The van der Waals surface area contributed by atoms with Crippen LogP contribution in [0.2, 0.25) is 0 Å². The van der Waals surface area contributed by atoms with Crippen molar-refractivity contribution in [3.63, 3.8) is 0 Å². The molecule has 0 aliphatic carbocycles. The Labute approximate surface area is 121 Å². The van der Waals surface area contributed by atoms with Gasteiger partial charge in [-0.15, -0.1) is 0 Å². The van der Waals surface area contributed by atoms with E-state index in [1.165, 1.54) is 0 Å². The summed E-state index contributed by atoms with van der Waals surface area (Å²) in [4.78, 5) is -0.909. The number of rotatable bonds is 3. The van der Waals surface area contributed by atoms with E-state index in [0.717, 1.165) is 22.9 Å². The lowest BCUT2D eigenvalue weighted by atomic mass is 10.3. The largest absolute Gasteiger partial charge is 0.399 e. The first-order chi connectivity index (χ1) is 9.36. The number of hydrogen-bond donors (Lipinski definition) is 1. The van der Waals surface area contributed by atoms with E-state index in [-0.39, 0.29) is 24.0 Å². The van der Waals surface area contributed by atoms with Gasteiger partial charge in [0, 0.05) is 29.8 Å². The molecule has 0 saturated carbocycles. The van der Waals surface area contributed by atoms with Crippen LogP contribution in [0.4, 0.5) is 14.5 Å². The van der Waals surface area contributed by atoms with E-state index in [9.17, 15) is 17.2 Å². The Balaban J connectivity index is 2.40. The molecule has 20 heavy (non-hydrogen) atoms. The maximum absolute atomic E-state index is 13.8. The average Bonchev–Trinajstić information content (AvgIpc) is 2.37. The molecule has 1 aliphatic heterocycles. The minimum absolute atomic E-state index is 0.139. The van der Waals surface area contributed by atoms with Crippen molar-refractivity contribution in [3.8, 4) is 0 Å². The van der Waals surface area contributed by atoms with Crippen molar-refractivity contribution >= 4 is 27.5 Å². The van der Waals surface area contributed by atoms with Crippen LogP contribution in [-0.2, 0) is 10.0 Å². The Morgan fingerprint density at radius 3 is 2.55 bits per heavy atom. The highest BCUT2D eigenvalue weighted by Crippen LogP contribution is 2.29. The van der Waals surface area contributed by atoms with Crippen molar-refractivity contribution in [3.05, 3.63) is 23.8 Å². The number of nitrogens with two attached hydrogens (primary N) is 1. The first-order valence-electron chi connectivity index (χ1n) is 6.22. The highest BCUT2D eigenvalue weighted by molar-refractivity contribution is 8.00. The molecule has 4 nitrogen and oxygen atoms in total. The van der Waals surface area contributed by atoms with Gasteiger partial charge in [0.25, 0.3) is 0 Å². The van der Waals surface area contributed by atoms with Crippen LogP contribution in [0, 0.1) is 11.6 Å². The zero-order chi connectivity index (χ0) is 14.9. The standard InChI is InChI=1S/C12H16F2N2O2S2/c1-2-9-7-16(3-4-19-9)20(17,18)12-10(13)5-8(15)6-11(12)14/h5-6,9H,2-4,7,15H2,1H3. The fraction of sp³-hybridized carbons (Fsp3) is 0.500. The fourth-order valence-electron chi connectivity index (χ4n) is 2.11. The lowest BCUT2D eigenvalue weighted by Crippen LogP contribution is -2.42. The van der Waals surface area contributed by atoms with Crippen LogP contribution in [0.1, 0.15) is 13.3 Å². The van der Waals surface area contributed by atoms with Crippen LogP contribution in [0.5, 0.6) is 0 Å². The number of hydrogen-bond acceptors (Lipinski definition) is 4. The normalized spacial score (nSPS) is 21.1. The van der Waals surface area contributed by atoms with Crippen LogP contribution >= 0.6 is 11.8 Å². The van der Waals surface area contributed by atoms with Crippen molar-refractivity contribution in [2.24, 2.45) is 0 Å². The quantitative estimate of drug-likeness (QED) is 0.865. The van der Waals surface area contributed by atoms with Crippen LogP contribution in [0.3, 0.4) is 0 Å². The minimum atomic E-state index is -4.17. The summed E-state index contributed by atoms with van der Waals surface area (Å²) < 4.78 is 53.6. The van der Waals surface area contributed by atoms with Crippen LogP contribution in [0.25, 0.3) is 0 Å². The van der Waals surface area contributed by atoms with Crippen LogP contribution in [-0.4, -0.2) is 36.8 Å². The number of nitrogens with zero attached hydrogens (tertiary/aromatic N) is 1. The summed E-state index contributed by atoms with van der Waals surface area (Å²) in [6.07, 6.45) is 0.809. The zero-order valence-electron chi connectivity index (χ0n) is 11.0. The van der Waals surface area contributed by atoms with Crippen molar-refractivity contribution in [2.75, 3.05) is 24.6 Å². The first kappa shape index (κ1) is 15.5. The second-order valence-corrected chi connectivity index (χ2v) is 7.86. The first-order valence-corrected chi connectivity index (χ1v) is 8.71. The van der Waals surface area contributed by atoms with E-state index < -0.39 is 26.6 Å². The predicted octanol–water partition coefficient (Wildman–Crippen LogP) is 2.06. The van der Waals surface area contributed by atoms with Gasteiger partial charge < -0.3 is 5.73 Å². The Kier molecular flexibility index (Phi) is 4.55. The molecule has 1 aromatic rings. The number of anilines is 1. The summed E-state index contributed by atoms with van der Waals surface area (Å²) in [7, 11) is -4.17. The summed E-state index contributed by atoms with van der Waals surface area (Å²) in [5.41, 5.74) is 5.16. The Morgan fingerprint density at radius 1 is 1.40 bits per heavy atom. The predicted molar refractivity (Wildman–Crippen MR) is 76.1 cm³/mol. The average molecular weight is 322 g/mol. The van der Waals surface area contributed by atoms with E-state index in [1.807, 2.05) is 6.92 Å². The molecule has 1 atom stereocenters. The van der Waals surface area contributed by atoms with E-state index in [2.05, 4.69) is 0 Å². The summed E-state index contributed by atoms with van der Waals surface area (Å²) in [5.74, 6) is -1.67. The molecule has 2 rings (SSSR count). The van der Waals surface area contributed by atoms with Crippen molar-refractivity contribution in [1.82, 2.24) is 4.31 Å². The highest BCUT2D eigenvalue weighted by Gasteiger charge is 2.34. The summed E-state index contributed by atoms with van der Waals surface area (Å²) in [5, 5.41) is 0.151. The van der Waals surface area contributed by atoms with Gasteiger partial charge in [0.15, 0.2) is 4.90 Å². The lowest BCUT2D eigenvalue weighted by molar-refractivity contribution is 0.406. The van der Waals surface area contributed by atoms with Gasteiger partial charge in [0.1, 0.15) is 11.6 Å². The Hall–Kier alpha value is -0.860. The molecule has 0 bridgehead atoms. The third-order valence-corrected chi connectivity index (χ3v) is 6.46. The topological polar surface area (TPSA) is 63.4 Å². The van der Waals surface area contributed by atoms with Gasteiger partial charge in [0.2, 0.25) is 10.0 Å². The third kappa shape index (κ3) is 2.91. The number of halogens is 2.